The Bertz CT molecular complexity index is 277. The third kappa shape index (κ3) is 1.98. The van der Waals surface area contributed by atoms with Crippen LogP contribution in [0.25, 0.3) is 0 Å². The van der Waals surface area contributed by atoms with Gasteiger partial charge < -0.3 is 10.3 Å². The number of rotatable bonds is 3. The Kier molecular flexibility index (Phi) is 2.59. The van der Waals surface area contributed by atoms with Crippen molar-refractivity contribution in [1.82, 2.24) is 15.3 Å². The molecule has 0 bridgehead atoms. The number of nitrogens with one attached hydrogen (secondary N) is 2. The molecule has 0 aromatic carbocycles. The fraction of sp³-hybridized carbons (Fsp3) is 0.727. The molecule has 0 amide bonds. The van der Waals surface area contributed by atoms with Crippen molar-refractivity contribution in [3.05, 3.63) is 18.2 Å². The predicted molar refractivity (Wildman–Crippen MR) is 56.8 cm³/mol. The molecule has 1 heterocycles. The van der Waals surface area contributed by atoms with Gasteiger partial charge in [-0.1, -0.05) is 20.3 Å². The molecule has 0 aliphatic heterocycles. The van der Waals surface area contributed by atoms with Crippen LogP contribution >= 0.6 is 0 Å². The summed E-state index contributed by atoms with van der Waals surface area (Å²) in [6, 6.07) is 0.646. The van der Waals surface area contributed by atoms with Crippen LogP contribution < -0.4 is 5.32 Å². The van der Waals surface area contributed by atoms with Crippen molar-refractivity contribution in [3.63, 3.8) is 0 Å². The molecule has 1 saturated carbocycles. The summed E-state index contributed by atoms with van der Waals surface area (Å²) in [6.07, 6.45) is 7.66. The van der Waals surface area contributed by atoms with Gasteiger partial charge in [-0.25, -0.2) is 4.98 Å². The minimum atomic E-state index is 0.451. The Balaban J connectivity index is 1.86. The molecule has 78 valence electrons. The van der Waals surface area contributed by atoms with Crippen molar-refractivity contribution in [2.24, 2.45) is 5.41 Å². The Labute approximate surface area is 85.3 Å². The van der Waals surface area contributed by atoms with E-state index in [9.17, 15) is 0 Å². The van der Waals surface area contributed by atoms with Crippen molar-refractivity contribution in [2.75, 3.05) is 0 Å². The van der Waals surface area contributed by atoms with E-state index in [4.69, 9.17) is 0 Å². The molecule has 0 radical (unpaired) electrons. The molecule has 14 heavy (non-hydrogen) atoms. The second-order valence-electron chi connectivity index (χ2n) is 4.85. The highest BCUT2D eigenvalue weighted by Gasteiger charge is 2.33. The number of hydrogen-bond donors (Lipinski definition) is 2. The van der Waals surface area contributed by atoms with Gasteiger partial charge in [-0.2, -0.15) is 0 Å². The van der Waals surface area contributed by atoms with Crippen LogP contribution in [0.5, 0.6) is 0 Å². The van der Waals surface area contributed by atoms with Gasteiger partial charge in [-0.15, -0.1) is 0 Å². The average Bonchev–Trinajstić information content (AvgIpc) is 2.71. The first kappa shape index (κ1) is 9.71. The maximum Gasteiger partial charge on any atom is 0.120 e. The third-order valence-corrected chi connectivity index (χ3v) is 3.33. The zero-order chi connectivity index (χ0) is 10.0. The molecule has 1 aliphatic rings. The summed E-state index contributed by atoms with van der Waals surface area (Å²) in [5.74, 6) is 1.03. The van der Waals surface area contributed by atoms with Crippen molar-refractivity contribution >= 4 is 0 Å². The summed E-state index contributed by atoms with van der Waals surface area (Å²) in [5.41, 5.74) is 0.451. The van der Waals surface area contributed by atoms with Gasteiger partial charge in [-0.3, -0.25) is 0 Å². The van der Waals surface area contributed by atoms with Gasteiger partial charge in [-0.05, 0) is 18.3 Å². The predicted octanol–water partition coefficient (Wildman–Crippen LogP) is 2.08. The van der Waals surface area contributed by atoms with E-state index in [2.05, 4.69) is 29.1 Å². The van der Waals surface area contributed by atoms with Gasteiger partial charge in [0.1, 0.15) is 5.82 Å². The number of aromatic amines is 1. The standard InChI is InChI=1S/C11H19N3/c1-11(2)5-3-4-9(11)14-8-10-12-6-7-13-10/h6-7,9,14H,3-5,8H2,1-2H3,(H,12,13). The van der Waals surface area contributed by atoms with Crippen LogP contribution in [0.3, 0.4) is 0 Å². The molecule has 3 heteroatoms. The number of H-pyrrole nitrogens is 1. The van der Waals surface area contributed by atoms with Gasteiger partial charge in [0, 0.05) is 18.4 Å². The highest BCUT2D eigenvalue weighted by atomic mass is 15.0. The van der Waals surface area contributed by atoms with E-state index >= 15 is 0 Å². The number of hydrogen-bond acceptors (Lipinski definition) is 2. The first-order valence-corrected chi connectivity index (χ1v) is 5.40. The molecule has 3 nitrogen and oxygen atoms in total. The van der Waals surface area contributed by atoms with Crippen LogP contribution in [0.1, 0.15) is 38.9 Å². The van der Waals surface area contributed by atoms with Gasteiger partial charge >= 0.3 is 0 Å². The maximum atomic E-state index is 4.21. The van der Waals surface area contributed by atoms with Crippen molar-refractivity contribution < 1.29 is 0 Å². The maximum absolute atomic E-state index is 4.21. The molecule has 1 aliphatic carbocycles. The molecule has 1 aromatic heterocycles. The van der Waals surface area contributed by atoms with E-state index in [1.165, 1.54) is 19.3 Å². The quantitative estimate of drug-likeness (QED) is 0.771. The molecule has 1 atom stereocenters. The lowest BCUT2D eigenvalue weighted by Gasteiger charge is -2.27. The van der Waals surface area contributed by atoms with Gasteiger partial charge in [0.15, 0.2) is 0 Å². The summed E-state index contributed by atoms with van der Waals surface area (Å²) in [4.78, 5) is 7.32. The molecule has 0 saturated heterocycles. The van der Waals surface area contributed by atoms with E-state index in [-0.39, 0.29) is 0 Å². The number of imidazole rings is 1. The van der Waals surface area contributed by atoms with Gasteiger partial charge in [0.05, 0.1) is 6.54 Å². The molecule has 1 aromatic rings. The molecular formula is C11H19N3. The summed E-state index contributed by atoms with van der Waals surface area (Å²) in [6.45, 7) is 5.56. The third-order valence-electron chi connectivity index (χ3n) is 3.33. The summed E-state index contributed by atoms with van der Waals surface area (Å²) in [7, 11) is 0. The summed E-state index contributed by atoms with van der Waals surface area (Å²) in [5, 5.41) is 3.58. The lowest BCUT2D eigenvalue weighted by atomic mass is 9.87. The minimum Gasteiger partial charge on any atom is -0.348 e. The first-order chi connectivity index (χ1) is 6.68. The second-order valence-corrected chi connectivity index (χ2v) is 4.85. The molecule has 1 unspecified atom stereocenters. The zero-order valence-electron chi connectivity index (χ0n) is 9.01. The second kappa shape index (κ2) is 3.73. The largest absolute Gasteiger partial charge is 0.348 e. The van der Waals surface area contributed by atoms with Crippen LogP contribution in [-0.2, 0) is 6.54 Å². The fourth-order valence-corrected chi connectivity index (χ4v) is 2.32. The number of aromatic nitrogens is 2. The summed E-state index contributed by atoms with van der Waals surface area (Å²) >= 11 is 0. The highest BCUT2D eigenvalue weighted by Crippen LogP contribution is 2.37. The lowest BCUT2D eigenvalue weighted by Crippen LogP contribution is -2.37. The SMILES string of the molecule is CC1(C)CCCC1NCc1ncc[nH]1. The van der Waals surface area contributed by atoms with Crippen LogP contribution in [0.15, 0.2) is 12.4 Å². The van der Waals surface area contributed by atoms with Gasteiger partial charge in [0.25, 0.3) is 0 Å². The van der Waals surface area contributed by atoms with Crippen molar-refractivity contribution in [1.29, 1.82) is 0 Å². The minimum absolute atomic E-state index is 0.451. The molecule has 2 rings (SSSR count). The van der Waals surface area contributed by atoms with E-state index in [1.54, 1.807) is 6.20 Å². The topological polar surface area (TPSA) is 40.7 Å². The van der Waals surface area contributed by atoms with E-state index in [1.807, 2.05) is 6.20 Å². The Morgan fingerprint density at radius 1 is 1.64 bits per heavy atom. The Hall–Kier alpha value is -0.830. The monoisotopic (exact) mass is 193 g/mol. The molecule has 2 N–H and O–H groups in total. The summed E-state index contributed by atoms with van der Waals surface area (Å²) < 4.78 is 0. The van der Waals surface area contributed by atoms with Crippen LogP contribution in [0.2, 0.25) is 0 Å². The smallest absolute Gasteiger partial charge is 0.120 e. The van der Waals surface area contributed by atoms with Gasteiger partial charge in [0.2, 0.25) is 0 Å². The van der Waals surface area contributed by atoms with E-state index in [0.717, 1.165) is 12.4 Å². The lowest BCUT2D eigenvalue weighted by molar-refractivity contribution is 0.281. The normalized spacial score (nSPS) is 25.4. The zero-order valence-corrected chi connectivity index (χ0v) is 9.01. The van der Waals surface area contributed by atoms with Crippen molar-refractivity contribution in [3.8, 4) is 0 Å². The number of nitrogens with zero attached hydrogens (tertiary/aromatic N) is 1. The van der Waals surface area contributed by atoms with E-state index in [0.29, 0.717) is 11.5 Å². The van der Waals surface area contributed by atoms with Crippen LogP contribution in [0.4, 0.5) is 0 Å². The fourth-order valence-electron chi connectivity index (χ4n) is 2.32. The average molecular weight is 193 g/mol. The molecular weight excluding hydrogens is 174 g/mol. The van der Waals surface area contributed by atoms with Crippen LogP contribution in [0, 0.1) is 5.41 Å². The van der Waals surface area contributed by atoms with Crippen molar-refractivity contribution in [2.45, 2.75) is 45.7 Å². The molecule has 1 fully saturated rings. The first-order valence-electron chi connectivity index (χ1n) is 5.40. The van der Waals surface area contributed by atoms with E-state index < -0.39 is 0 Å². The highest BCUT2D eigenvalue weighted by molar-refractivity contribution is 4.93. The Morgan fingerprint density at radius 2 is 2.50 bits per heavy atom. The Morgan fingerprint density at radius 3 is 3.07 bits per heavy atom. The molecule has 0 spiro atoms. The van der Waals surface area contributed by atoms with Crippen LogP contribution in [-0.4, -0.2) is 16.0 Å².